The Kier molecular flexibility index (Phi) is 10.2. The van der Waals surface area contributed by atoms with Crippen molar-refractivity contribution in [2.24, 2.45) is 0 Å². The van der Waals surface area contributed by atoms with E-state index in [-0.39, 0.29) is 17.6 Å². The lowest BCUT2D eigenvalue weighted by atomic mass is 10.1. The van der Waals surface area contributed by atoms with Crippen LogP contribution in [-0.4, -0.2) is 53.9 Å². The molecule has 8 nitrogen and oxygen atoms in total. The molecule has 3 aromatic rings. The van der Waals surface area contributed by atoms with E-state index in [1.54, 1.807) is 49.6 Å². The monoisotopic (exact) mass is 492 g/mol. The highest BCUT2D eigenvalue weighted by molar-refractivity contribution is 5.99. The van der Waals surface area contributed by atoms with E-state index in [1.807, 2.05) is 18.2 Å². The Labute approximate surface area is 211 Å². The number of hydrogen-bond donors (Lipinski definition) is 3. The average Bonchev–Trinajstić information content (AvgIpc) is 2.87. The van der Waals surface area contributed by atoms with E-state index in [0.717, 1.165) is 24.0 Å². The van der Waals surface area contributed by atoms with Crippen molar-refractivity contribution in [3.63, 3.8) is 0 Å². The van der Waals surface area contributed by atoms with Gasteiger partial charge in [0.15, 0.2) is 0 Å². The van der Waals surface area contributed by atoms with Crippen LogP contribution in [0.25, 0.3) is 0 Å². The first kappa shape index (κ1) is 26.6. The van der Waals surface area contributed by atoms with E-state index in [1.165, 1.54) is 12.1 Å². The summed E-state index contributed by atoms with van der Waals surface area (Å²) in [5.41, 5.74) is 2.16. The number of hydrogen-bond acceptors (Lipinski definition) is 6. The minimum Gasteiger partial charge on any atom is -0.370 e. The number of carbonyl (C=O) groups excluding carboxylic acids is 2. The molecule has 2 aromatic heterocycles. The second-order valence-corrected chi connectivity index (χ2v) is 8.62. The lowest BCUT2D eigenvalue weighted by molar-refractivity contribution is -0.128. The molecule has 2 amide bonds. The van der Waals surface area contributed by atoms with E-state index in [0.29, 0.717) is 49.7 Å². The summed E-state index contributed by atoms with van der Waals surface area (Å²) in [5.74, 6) is 0.654. The van der Waals surface area contributed by atoms with Gasteiger partial charge >= 0.3 is 0 Å². The van der Waals surface area contributed by atoms with Gasteiger partial charge in [-0.1, -0.05) is 18.2 Å². The Morgan fingerprint density at radius 1 is 0.972 bits per heavy atom. The maximum atomic E-state index is 13.5. The predicted molar refractivity (Wildman–Crippen MR) is 139 cm³/mol. The molecular weight excluding hydrogens is 459 g/mol. The molecule has 0 unspecified atom stereocenters. The summed E-state index contributed by atoms with van der Waals surface area (Å²) in [5, 5.41) is 9.40. The van der Waals surface area contributed by atoms with Crippen molar-refractivity contribution in [2.45, 2.75) is 32.2 Å². The number of amides is 2. The van der Waals surface area contributed by atoms with E-state index < -0.39 is 0 Å². The lowest BCUT2D eigenvalue weighted by Crippen LogP contribution is -2.25. The van der Waals surface area contributed by atoms with E-state index in [9.17, 15) is 14.0 Å². The summed E-state index contributed by atoms with van der Waals surface area (Å²) in [7, 11) is 3.50. The topological polar surface area (TPSA) is 99.3 Å². The highest BCUT2D eigenvalue weighted by atomic mass is 19.1. The lowest BCUT2D eigenvalue weighted by Gasteiger charge is -2.14. The van der Waals surface area contributed by atoms with Crippen LogP contribution in [0.4, 0.5) is 16.0 Å². The number of aromatic nitrogens is 2. The number of nitrogens with zero attached hydrogens (tertiary/aromatic N) is 3. The van der Waals surface area contributed by atoms with Crippen molar-refractivity contribution >= 4 is 23.5 Å². The quantitative estimate of drug-likeness (QED) is 0.313. The van der Waals surface area contributed by atoms with Gasteiger partial charge in [0.25, 0.3) is 5.91 Å². The number of halogens is 1. The highest BCUT2D eigenvalue weighted by Crippen LogP contribution is 2.18. The average molecular weight is 493 g/mol. The van der Waals surface area contributed by atoms with Crippen LogP contribution in [-0.2, 0) is 17.8 Å². The molecule has 3 rings (SSSR count). The number of unbranched alkanes of at least 4 members (excludes halogenated alkanes) is 1. The molecule has 0 spiro atoms. The molecule has 3 N–H and O–H groups in total. The van der Waals surface area contributed by atoms with Crippen LogP contribution in [0.1, 0.15) is 40.7 Å². The molecule has 0 aliphatic rings. The predicted octanol–water partition coefficient (Wildman–Crippen LogP) is 3.87. The first-order valence-electron chi connectivity index (χ1n) is 12.0. The molecule has 9 heteroatoms. The van der Waals surface area contributed by atoms with Gasteiger partial charge in [0.05, 0.1) is 5.56 Å². The molecule has 0 aliphatic heterocycles. The number of rotatable bonds is 13. The molecule has 0 atom stereocenters. The standard InChI is InChI=1S/C27H33FN6O2/c1-34(2)25(35)10-3-4-15-30-24-12-11-23(27(36)32-19-21-8-6-14-29-18-21)26(33-24)31-16-13-20-7-5-9-22(28)17-20/h5-9,11-12,14,17-18H,3-4,10,13,15-16,19H2,1-2H3,(H,32,36)(H2,30,31,33). The zero-order valence-corrected chi connectivity index (χ0v) is 20.8. The van der Waals surface area contributed by atoms with Gasteiger partial charge in [0.1, 0.15) is 17.5 Å². The molecule has 1 aromatic carbocycles. The first-order valence-corrected chi connectivity index (χ1v) is 12.0. The van der Waals surface area contributed by atoms with Gasteiger partial charge in [0, 0.05) is 52.5 Å². The number of benzene rings is 1. The third-order valence-electron chi connectivity index (χ3n) is 5.53. The van der Waals surface area contributed by atoms with Crippen molar-refractivity contribution in [3.8, 4) is 0 Å². The minimum atomic E-state index is -0.278. The smallest absolute Gasteiger partial charge is 0.255 e. The summed E-state index contributed by atoms with van der Waals surface area (Å²) in [4.78, 5) is 34.9. The highest BCUT2D eigenvalue weighted by Gasteiger charge is 2.14. The van der Waals surface area contributed by atoms with Crippen molar-refractivity contribution in [3.05, 3.63) is 83.4 Å². The maximum Gasteiger partial charge on any atom is 0.255 e. The Morgan fingerprint density at radius 3 is 2.56 bits per heavy atom. The van der Waals surface area contributed by atoms with E-state index >= 15 is 0 Å². The third kappa shape index (κ3) is 8.65. The molecular formula is C27H33FN6O2. The molecule has 36 heavy (non-hydrogen) atoms. The normalized spacial score (nSPS) is 10.5. The Hall–Kier alpha value is -4.01. The zero-order valence-electron chi connectivity index (χ0n) is 20.8. The van der Waals surface area contributed by atoms with Gasteiger partial charge in [-0.25, -0.2) is 9.37 Å². The number of pyridine rings is 2. The van der Waals surface area contributed by atoms with Crippen LogP contribution in [0.5, 0.6) is 0 Å². The molecule has 0 saturated heterocycles. The Balaban J connectivity index is 1.62. The Bertz CT molecular complexity index is 1140. The summed E-state index contributed by atoms with van der Waals surface area (Å²) < 4.78 is 13.5. The Morgan fingerprint density at radius 2 is 1.81 bits per heavy atom. The summed E-state index contributed by atoms with van der Waals surface area (Å²) in [6.45, 7) is 1.49. The number of anilines is 2. The van der Waals surface area contributed by atoms with E-state index in [2.05, 4.69) is 25.9 Å². The van der Waals surface area contributed by atoms with Crippen molar-refractivity contribution in [2.75, 3.05) is 37.8 Å². The van der Waals surface area contributed by atoms with Gasteiger partial charge in [-0.15, -0.1) is 0 Å². The molecule has 0 radical (unpaired) electrons. The second-order valence-electron chi connectivity index (χ2n) is 8.62. The minimum absolute atomic E-state index is 0.111. The zero-order chi connectivity index (χ0) is 25.8. The molecule has 190 valence electrons. The number of carbonyl (C=O) groups is 2. The summed E-state index contributed by atoms with van der Waals surface area (Å²) in [6.07, 6.45) is 6.06. The summed E-state index contributed by atoms with van der Waals surface area (Å²) >= 11 is 0. The molecule has 0 fully saturated rings. The maximum absolute atomic E-state index is 13.5. The van der Waals surface area contributed by atoms with Gasteiger partial charge in [0.2, 0.25) is 5.91 Å². The number of nitrogens with one attached hydrogen (secondary N) is 3. The largest absolute Gasteiger partial charge is 0.370 e. The van der Waals surface area contributed by atoms with Gasteiger partial charge < -0.3 is 20.9 Å². The van der Waals surface area contributed by atoms with Crippen LogP contribution in [0.2, 0.25) is 0 Å². The van der Waals surface area contributed by atoms with Crippen LogP contribution >= 0.6 is 0 Å². The fourth-order valence-corrected chi connectivity index (χ4v) is 3.51. The van der Waals surface area contributed by atoms with Crippen LogP contribution in [0, 0.1) is 5.82 Å². The van der Waals surface area contributed by atoms with Crippen molar-refractivity contribution < 1.29 is 14.0 Å². The molecule has 0 saturated carbocycles. The van der Waals surface area contributed by atoms with Gasteiger partial charge in [-0.3, -0.25) is 14.6 Å². The first-order chi connectivity index (χ1) is 17.4. The van der Waals surface area contributed by atoms with Gasteiger partial charge in [-0.2, -0.15) is 0 Å². The summed E-state index contributed by atoms with van der Waals surface area (Å²) in [6, 6.07) is 13.7. The van der Waals surface area contributed by atoms with Crippen LogP contribution in [0.15, 0.2) is 60.9 Å². The molecule has 0 bridgehead atoms. The van der Waals surface area contributed by atoms with Crippen molar-refractivity contribution in [1.82, 2.24) is 20.2 Å². The van der Waals surface area contributed by atoms with Crippen molar-refractivity contribution in [1.29, 1.82) is 0 Å². The molecule has 0 aliphatic carbocycles. The fourth-order valence-electron chi connectivity index (χ4n) is 3.51. The van der Waals surface area contributed by atoms with Gasteiger partial charge in [-0.05, 0) is 60.7 Å². The van der Waals surface area contributed by atoms with E-state index in [4.69, 9.17) is 0 Å². The fraction of sp³-hybridized carbons (Fsp3) is 0.333. The SMILES string of the molecule is CN(C)C(=O)CCCCNc1ccc(C(=O)NCc2cccnc2)c(NCCc2cccc(F)c2)n1. The van der Waals surface area contributed by atoms with Crippen LogP contribution < -0.4 is 16.0 Å². The third-order valence-corrected chi connectivity index (χ3v) is 5.53. The van der Waals surface area contributed by atoms with Crippen LogP contribution in [0.3, 0.4) is 0 Å². The second kappa shape index (κ2) is 13.8. The molecule has 2 heterocycles.